The number of hydrogen-bond acceptors (Lipinski definition) is 9. The Morgan fingerprint density at radius 2 is 1.89 bits per heavy atom. The molecule has 2 aromatic heterocycles. The minimum Gasteiger partial charge on any atom is -0.394 e. The van der Waals surface area contributed by atoms with Crippen LogP contribution in [0.25, 0.3) is 11.3 Å². The van der Waals surface area contributed by atoms with Crippen LogP contribution in [0.3, 0.4) is 0 Å². The first-order valence-corrected chi connectivity index (χ1v) is 11.8. The molecule has 3 aromatic rings. The molecule has 0 spiro atoms. The van der Waals surface area contributed by atoms with Gasteiger partial charge < -0.3 is 24.4 Å². The summed E-state index contributed by atoms with van der Waals surface area (Å²) in [5.41, 5.74) is 0.257. The highest BCUT2D eigenvalue weighted by Crippen LogP contribution is 2.36. The first kappa shape index (κ1) is 25.7. The molecule has 200 valence electrons. The average molecular weight is 525 g/mol. The first-order chi connectivity index (χ1) is 17.8. The van der Waals surface area contributed by atoms with Crippen molar-refractivity contribution in [3.63, 3.8) is 0 Å². The molecule has 5 rings (SSSR count). The highest BCUT2D eigenvalue weighted by atomic mass is 19.2. The van der Waals surface area contributed by atoms with E-state index in [4.69, 9.17) is 14.2 Å². The van der Waals surface area contributed by atoms with Crippen molar-refractivity contribution in [2.45, 2.75) is 55.8 Å². The van der Waals surface area contributed by atoms with Gasteiger partial charge in [-0.05, 0) is 18.6 Å². The summed E-state index contributed by atoms with van der Waals surface area (Å²) in [6.45, 7) is 2.88. The van der Waals surface area contributed by atoms with Gasteiger partial charge in [-0.15, -0.1) is 10.2 Å². The zero-order valence-electron chi connectivity index (χ0n) is 20.2. The van der Waals surface area contributed by atoms with Crippen molar-refractivity contribution >= 4 is 0 Å². The smallest absolute Gasteiger partial charge is 0.195 e. The second-order valence-electron chi connectivity index (χ2n) is 9.34. The van der Waals surface area contributed by atoms with Crippen LogP contribution in [0, 0.1) is 17.5 Å². The standard InChI is InChI=1S/C23H27F3N6O5/c1-3-23(10-36-11-23)17-8-31(29-28-17)7-15-22(35-2)20(21(34)16(9-33)37-15)32-6-14(27-30-32)12-4-5-13(24)19(26)18(12)25/h4-6,8,15-16,20-22,33-34H,3,7,9-11H2,1-2H3/t15-,16-,20+,21+,22+/m1/s1. The molecule has 5 atom stereocenters. The highest BCUT2D eigenvalue weighted by molar-refractivity contribution is 5.58. The molecule has 0 bridgehead atoms. The lowest BCUT2D eigenvalue weighted by Gasteiger charge is -2.43. The number of benzene rings is 1. The van der Waals surface area contributed by atoms with E-state index in [1.165, 1.54) is 18.0 Å². The van der Waals surface area contributed by atoms with Crippen molar-refractivity contribution in [1.29, 1.82) is 0 Å². The third kappa shape index (κ3) is 4.42. The summed E-state index contributed by atoms with van der Waals surface area (Å²) in [5.74, 6) is -4.36. The molecule has 2 N–H and O–H groups in total. The molecule has 14 heteroatoms. The van der Waals surface area contributed by atoms with Gasteiger partial charge in [0.25, 0.3) is 0 Å². The lowest BCUT2D eigenvalue weighted by atomic mass is 9.80. The van der Waals surface area contributed by atoms with Crippen LogP contribution in [0.5, 0.6) is 0 Å². The lowest BCUT2D eigenvalue weighted by molar-refractivity contribution is -0.216. The predicted molar refractivity (Wildman–Crippen MR) is 120 cm³/mol. The van der Waals surface area contributed by atoms with Crippen LogP contribution in [0.1, 0.15) is 25.1 Å². The van der Waals surface area contributed by atoms with Gasteiger partial charge in [-0.25, -0.2) is 22.5 Å². The first-order valence-electron chi connectivity index (χ1n) is 11.8. The van der Waals surface area contributed by atoms with E-state index in [1.54, 1.807) is 4.68 Å². The van der Waals surface area contributed by atoms with Gasteiger partial charge in [0, 0.05) is 18.9 Å². The Morgan fingerprint density at radius 1 is 1.11 bits per heavy atom. The van der Waals surface area contributed by atoms with Gasteiger partial charge in [-0.3, -0.25) is 0 Å². The number of nitrogens with zero attached hydrogens (tertiary/aromatic N) is 6. The summed E-state index contributed by atoms with van der Waals surface area (Å²) >= 11 is 0. The normalized spacial score (nSPS) is 27.3. The molecule has 2 aliphatic heterocycles. The molecule has 1 aromatic carbocycles. The van der Waals surface area contributed by atoms with Crippen LogP contribution >= 0.6 is 0 Å². The Labute approximate surface area is 209 Å². The van der Waals surface area contributed by atoms with Crippen molar-refractivity contribution in [3.8, 4) is 11.3 Å². The van der Waals surface area contributed by atoms with E-state index >= 15 is 0 Å². The number of aliphatic hydroxyl groups excluding tert-OH is 2. The van der Waals surface area contributed by atoms with Crippen molar-refractivity contribution in [2.24, 2.45) is 0 Å². The van der Waals surface area contributed by atoms with Gasteiger partial charge in [0.2, 0.25) is 0 Å². The van der Waals surface area contributed by atoms with E-state index in [-0.39, 0.29) is 23.2 Å². The summed E-state index contributed by atoms with van der Waals surface area (Å²) in [7, 11) is 1.43. The van der Waals surface area contributed by atoms with Crippen LogP contribution in [0.15, 0.2) is 24.5 Å². The zero-order chi connectivity index (χ0) is 26.3. The molecule has 0 radical (unpaired) electrons. The largest absolute Gasteiger partial charge is 0.394 e. The highest BCUT2D eigenvalue weighted by Gasteiger charge is 2.48. The summed E-state index contributed by atoms with van der Waals surface area (Å²) in [4.78, 5) is 0. The predicted octanol–water partition coefficient (Wildman–Crippen LogP) is 1.01. The molecule has 2 aliphatic rings. The number of methoxy groups -OCH3 is 1. The molecule has 2 fully saturated rings. The molecule has 4 heterocycles. The van der Waals surface area contributed by atoms with Crippen molar-refractivity contribution in [1.82, 2.24) is 30.0 Å². The average Bonchev–Trinajstić information content (AvgIpc) is 3.53. The maximum atomic E-state index is 14.3. The lowest BCUT2D eigenvalue weighted by Crippen LogP contribution is -2.57. The van der Waals surface area contributed by atoms with Crippen LogP contribution in [-0.2, 0) is 26.2 Å². The Morgan fingerprint density at radius 3 is 2.54 bits per heavy atom. The van der Waals surface area contributed by atoms with Gasteiger partial charge >= 0.3 is 0 Å². The quantitative estimate of drug-likeness (QED) is 0.415. The Hall–Kier alpha value is -2.91. The van der Waals surface area contributed by atoms with Gasteiger partial charge in [0.15, 0.2) is 17.5 Å². The molecule has 0 aliphatic carbocycles. The number of hydrogen-bond donors (Lipinski definition) is 2. The summed E-state index contributed by atoms with van der Waals surface area (Å²) < 4.78 is 61.4. The van der Waals surface area contributed by atoms with E-state index in [9.17, 15) is 23.4 Å². The van der Waals surface area contributed by atoms with E-state index in [2.05, 4.69) is 27.5 Å². The minimum atomic E-state index is -1.63. The monoisotopic (exact) mass is 524 g/mol. The van der Waals surface area contributed by atoms with E-state index in [0.717, 1.165) is 24.2 Å². The number of aliphatic hydroxyl groups is 2. The summed E-state index contributed by atoms with van der Waals surface area (Å²) in [6.07, 6.45) is 0.170. The fraction of sp³-hybridized carbons (Fsp3) is 0.565. The van der Waals surface area contributed by atoms with Gasteiger partial charge in [-0.2, -0.15) is 0 Å². The van der Waals surface area contributed by atoms with E-state index in [1.807, 2.05) is 6.20 Å². The van der Waals surface area contributed by atoms with E-state index in [0.29, 0.717) is 13.2 Å². The van der Waals surface area contributed by atoms with Crippen LogP contribution in [0.4, 0.5) is 13.2 Å². The molecular weight excluding hydrogens is 497 g/mol. The Bertz CT molecular complexity index is 1250. The van der Waals surface area contributed by atoms with Crippen LogP contribution in [-0.4, -0.2) is 91.5 Å². The maximum absolute atomic E-state index is 14.3. The molecular formula is C23H27F3N6O5. The van der Waals surface area contributed by atoms with Gasteiger partial charge in [0.1, 0.15) is 36.2 Å². The molecule has 37 heavy (non-hydrogen) atoms. The Balaban J connectivity index is 1.43. The van der Waals surface area contributed by atoms with E-state index < -0.39 is 54.5 Å². The number of aromatic nitrogens is 6. The second kappa shape index (κ2) is 10.1. The number of rotatable bonds is 8. The fourth-order valence-electron chi connectivity index (χ4n) is 4.88. The molecule has 0 amide bonds. The minimum absolute atomic E-state index is 0.0736. The van der Waals surface area contributed by atoms with Gasteiger partial charge in [0.05, 0.1) is 43.7 Å². The third-order valence-electron chi connectivity index (χ3n) is 7.24. The topological polar surface area (TPSA) is 130 Å². The molecule has 2 saturated heterocycles. The molecule has 11 nitrogen and oxygen atoms in total. The molecule has 0 unspecified atom stereocenters. The van der Waals surface area contributed by atoms with Gasteiger partial charge in [-0.1, -0.05) is 17.4 Å². The zero-order valence-corrected chi connectivity index (χ0v) is 20.2. The second-order valence-corrected chi connectivity index (χ2v) is 9.34. The maximum Gasteiger partial charge on any atom is 0.195 e. The van der Waals surface area contributed by atoms with Crippen LogP contribution < -0.4 is 0 Å². The van der Waals surface area contributed by atoms with Crippen molar-refractivity contribution in [3.05, 3.63) is 47.7 Å². The molecule has 0 saturated carbocycles. The summed E-state index contributed by atoms with van der Waals surface area (Å²) in [5, 5.41) is 37.3. The number of ether oxygens (including phenoxy) is 3. The van der Waals surface area contributed by atoms with Crippen molar-refractivity contribution in [2.75, 3.05) is 26.9 Å². The summed E-state index contributed by atoms with van der Waals surface area (Å²) in [6, 6.07) is 0.922. The van der Waals surface area contributed by atoms with Crippen molar-refractivity contribution < 1.29 is 37.6 Å². The number of halogens is 3. The third-order valence-corrected chi connectivity index (χ3v) is 7.24. The van der Waals surface area contributed by atoms with Crippen LogP contribution in [0.2, 0.25) is 0 Å². The fourth-order valence-corrected chi connectivity index (χ4v) is 4.88. The SMILES string of the molecule is CCC1(c2cn(C[C@H]3O[C@H](CO)[C@H](O)[C@H](n4cc(-c5ccc(F)c(F)c5F)nn4)[C@H]3OC)nn2)COC1. The Kier molecular flexibility index (Phi) is 7.02.